The van der Waals surface area contributed by atoms with Crippen LogP contribution in [0.5, 0.6) is 0 Å². The van der Waals surface area contributed by atoms with Crippen LogP contribution in [0.3, 0.4) is 0 Å². The summed E-state index contributed by atoms with van der Waals surface area (Å²) in [6.07, 6.45) is -0.635. The van der Waals surface area contributed by atoms with E-state index in [-0.39, 0.29) is 24.8 Å². The smallest absolute Gasteiger partial charge is 0.407 e. The molecule has 0 aliphatic heterocycles. The number of nitrogens with one attached hydrogen (secondary N) is 2. The van der Waals surface area contributed by atoms with Gasteiger partial charge >= 0.3 is 6.09 Å². The van der Waals surface area contributed by atoms with E-state index in [0.717, 1.165) is 0 Å². The number of rotatable bonds is 5. The molecule has 1 aromatic carbocycles. The number of anilines is 1. The van der Waals surface area contributed by atoms with Crippen LogP contribution in [-0.2, 0) is 9.53 Å². The topological polar surface area (TPSA) is 84.5 Å². The first-order chi connectivity index (χ1) is 9.02. The van der Waals surface area contributed by atoms with Crippen molar-refractivity contribution in [3.63, 3.8) is 0 Å². The molecule has 2 N–H and O–H groups in total. The number of benzene rings is 1. The predicted molar refractivity (Wildman–Crippen MR) is 70.1 cm³/mol. The maximum Gasteiger partial charge on any atom is 0.407 e. The van der Waals surface area contributed by atoms with E-state index in [4.69, 9.17) is 0 Å². The largest absolute Gasteiger partial charge is 0.450 e. The van der Waals surface area contributed by atoms with Gasteiger partial charge in [0.1, 0.15) is 6.54 Å². The molecule has 0 aliphatic carbocycles. The number of Topliss-reactive ketones (excluding diaryl/α,β-unsaturated/α-hetero) is 1. The number of hydrogen-bond donors (Lipinski definition) is 2. The van der Waals surface area contributed by atoms with Crippen molar-refractivity contribution in [1.82, 2.24) is 5.32 Å². The number of carbonyl (C=O) groups is 3. The van der Waals surface area contributed by atoms with E-state index in [1.165, 1.54) is 6.92 Å². The van der Waals surface area contributed by atoms with Gasteiger partial charge in [0.2, 0.25) is 5.91 Å². The fourth-order valence-electron chi connectivity index (χ4n) is 1.33. The summed E-state index contributed by atoms with van der Waals surface area (Å²) in [4.78, 5) is 33.5. The van der Waals surface area contributed by atoms with E-state index in [2.05, 4.69) is 15.4 Å². The second kappa shape index (κ2) is 7.15. The van der Waals surface area contributed by atoms with E-state index in [9.17, 15) is 14.4 Å². The Morgan fingerprint density at radius 3 is 2.32 bits per heavy atom. The van der Waals surface area contributed by atoms with Crippen molar-refractivity contribution in [2.24, 2.45) is 0 Å². The Morgan fingerprint density at radius 2 is 1.79 bits per heavy atom. The Labute approximate surface area is 111 Å². The predicted octanol–water partition coefficient (Wildman–Crippen LogP) is 1.57. The maximum atomic E-state index is 11.5. The van der Waals surface area contributed by atoms with Crippen LogP contribution in [0, 0.1) is 0 Å². The normalized spacial score (nSPS) is 9.58. The first-order valence-electron chi connectivity index (χ1n) is 5.84. The van der Waals surface area contributed by atoms with Gasteiger partial charge in [-0.1, -0.05) is 0 Å². The zero-order chi connectivity index (χ0) is 14.3. The summed E-state index contributed by atoms with van der Waals surface area (Å²) in [5.41, 5.74) is 1.13. The highest BCUT2D eigenvalue weighted by Gasteiger charge is 2.06. The number of hydrogen-bond acceptors (Lipinski definition) is 4. The van der Waals surface area contributed by atoms with E-state index in [0.29, 0.717) is 11.3 Å². The van der Waals surface area contributed by atoms with Crippen molar-refractivity contribution < 1.29 is 19.1 Å². The summed E-state index contributed by atoms with van der Waals surface area (Å²) in [6, 6.07) is 6.49. The SMILES string of the molecule is CCOC(=O)NCC(=O)Nc1ccc(C(C)=O)cc1. The van der Waals surface area contributed by atoms with Crippen molar-refractivity contribution in [2.45, 2.75) is 13.8 Å². The average molecular weight is 264 g/mol. The third-order valence-corrected chi connectivity index (χ3v) is 2.24. The third kappa shape index (κ3) is 5.20. The van der Waals surface area contributed by atoms with Crippen LogP contribution in [0.15, 0.2) is 24.3 Å². The third-order valence-electron chi connectivity index (χ3n) is 2.24. The molecule has 1 aromatic rings. The highest BCUT2D eigenvalue weighted by atomic mass is 16.5. The summed E-state index contributed by atoms with van der Waals surface area (Å²) in [7, 11) is 0. The minimum absolute atomic E-state index is 0.0399. The number of ketones is 1. The summed E-state index contributed by atoms with van der Waals surface area (Å²) in [5.74, 6) is -0.412. The van der Waals surface area contributed by atoms with Gasteiger partial charge in [-0.3, -0.25) is 9.59 Å². The molecule has 102 valence electrons. The van der Waals surface area contributed by atoms with Crippen LogP contribution in [0.4, 0.5) is 10.5 Å². The molecular weight excluding hydrogens is 248 g/mol. The molecule has 2 amide bonds. The van der Waals surface area contributed by atoms with Crippen molar-refractivity contribution >= 4 is 23.5 Å². The molecule has 6 heteroatoms. The fraction of sp³-hybridized carbons (Fsp3) is 0.308. The van der Waals surface area contributed by atoms with Gasteiger partial charge in [-0.25, -0.2) is 4.79 Å². The van der Waals surface area contributed by atoms with Gasteiger partial charge in [-0.2, -0.15) is 0 Å². The lowest BCUT2D eigenvalue weighted by molar-refractivity contribution is -0.115. The monoisotopic (exact) mass is 264 g/mol. The van der Waals surface area contributed by atoms with Crippen molar-refractivity contribution in [3.05, 3.63) is 29.8 Å². The Morgan fingerprint density at radius 1 is 1.16 bits per heavy atom. The van der Waals surface area contributed by atoms with Gasteiger partial charge < -0.3 is 15.4 Å². The zero-order valence-corrected chi connectivity index (χ0v) is 10.9. The molecule has 0 fully saturated rings. The fourth-order valence-corrected chi connectivity index (χ4v) is 1.33. The van der Waals surface area contributed by atoms with E-state index in [1.54, 1.807) is 31.2 Å². The van der Waals surface area contributed by atoms with Gasteiger partial charge in [-0.05, 0) is 38.1 Å². The summed E-state index contributed by atoms with van der Waals surface area (Å²) < 4.78 is 4.62. The molecular formula is C13H16N2O4. The van der Waals surface area contributed by atoms with Crippen LogP contribution in [-0.4, -0.2) is 30.9 Å². The highest BCUT2D eigenvalue weighted by Crippen LogP contribution is 2.09. The van der Waals surface area contributed by atoms with Crippen LogP contribution in [0.2, 0.25) is 0 Å². The first-order valence-corrected chi connectivity index (χ1v) is 5.84. The minimum atomic E-state index is -0.635. The summed E-state index contributed by atoms with van der Waals surface area (Å²) in [5, 5.41) is 4.89. The lowest BCUT2D eigenvalue weighted by atomic mass is 10.1. The van der Waals surface area contributed by atoms with Gasteiger partial charge in [0, 0.05) is 11.3 Å². The maximum absolute atomic E-state index is 11.5. The van der Waals surface area contributed by atoms with Crippen molar-refractivity contribution in [1.29, 1.82) is 0 Å². The Kier molecular flexibility index (Phi) is 5.53. The van der Waals surface area contributed by atoms with Gasteiger partial charge in [0.25, 0.3) is 0 Å². The highest BCUT2D eigenvalue weighted by molar-refractivity contribution is 5.96. The molecule has 1 rings (SSSR count). The molecule has 0 radical (unpaired) electrons. The summed E-state index contributed by atoms with van der Waals surface area (Å²) >= 11 is 0. The number of carbonyl (C=O) groups excluding carboxylic acids is 3. The quantitative estimate of drug-likeness (QED) is 0.791. The molecule has 0 unspecified atom stereocenters. The number of ether oxygens (including phenoxy) is 1. The number of alkyl carbamates (subject to hydrolysis) is 1. The molecule has 0 bridgehead atoms. The lowest BCUT2D eigenvalue weighted by Crippen LogP contribution is -2.33. The zero-order valence-electron chi connectivity index (χ0n) is 10.9. The molecule has 6 nitrogen and oxygen atoms in total. The molecule has 19 heavy (non-hydrogen) atoms. The standard InChI is InChI=1S/C13H16N2O4/c1-3-19-13(18)14-8-12(17)15-11-6-4-10(5-7-11)9(2)16/h4-7H,3,8H2,1-2H3,(H,14,18)(H,15,17). The number of amides is 2. The molecule has 0 saturated carbocycles. The second-order valence-corrected chi connectivity index (χ2v) is 3.76. The molecule has 0 spiro atoms. The molecule has 0 atom stereocenters. The van der Waals surface area contributed by atoms with Gasteiger partial charge in [0.15, 0.2) is 5.78 Å². The molecule has 0 saturated heterocycles. The molecule has 0 aromatic heterocycles. The second-order valence-electron chi connectivity index (χ2n) is 3.76. The summed E-state index contributed by atoms with van der Waals surface area (Å²) in [6.45, 7) is 3.22. The Balaban J connectivity index is 2.44. The Bertz CT molecular complexity index is 468. The first kappa shape index (κ1) is 14.7. The van der Waals surface area contributed by atoms with Crippen LogP contribution < -0.4 is 10.6 Å². The molecule has 0 heterocycles. The van der Waals surface area contributed by atoms with Gasteiger partial charge in [0.05, 0.1) is 6.61 Å². The molecule has 0 aliphatic rings. The lowest BCUT2D eigenvalue weighted by Gasteiger charge is -2.07. The van der Waals surface area contributed by atoms with Crippen molar-refractivity contribution in [2.75, 3.05) is 18.5 Å². The van der Waals surface area contributed by atoms with Crippen LogP contribution in [0.25, 0.3) is 0 Å². The van der Waals surface area contributed by atoms with E-state index >= 15 is 0 Å². The van der Waals surface area contributed by atoms with E-state index in [1.807, 2.05) is 0 Å². The average Bonchev–Trinajstić information content (AvgIpc) is 2.37. The minimum Gasteiger partial charge on any atom is -0.450 e. The van der Waals surface area contributed by atoms with Crippen LogP contribution >= 0.6 is 0 Å². The Hall–Kier alpha value is -2.37. The van der Waals surface area contributed by atoms with Gasteiger partial charge in [-0.15, -0.1) is 0 Å². The van der Waals surface area contributed by atoms with Crippen LogP contribution in [0.1, 0.15) is 24.2 Å². The van der Waals surface area contributed by atoms with Crippen molar-refractivity contribution in [3.8, 4) is 0 Å². The van der Waals surface area contributed by atoms with E-state index < -0.39 is 6.09 Å².